The summed E-state index contributed by atoms with van der Waals surface area (Å²) < 4.78 is 0. The van der Waals surface area contributed by atoms with Crippen LogP contribution in [0, 0.1) is 5.92 Å². The summed E-state index contributed by atoms with van der Waals surface area (Å²) in [4.78, 5) is 4.21. The van der Waals surface area contributed by atoms with Crippen LogP contribution in [0.25, 0.3) is 0 Å². The molecule has 2 rings (SSSR count). The largest absolute Gasteiger partial charge is 0.317 e. The van der Waals surface area contributed by atoms with Crippen molar-refractivity contribution in [2.75, 3.05) is 26.2 Å². The fourth-order valence-corrected chi connectivity index (χ4v) is 2.54. The second-order valence-electron chi connectivity index (χ2n) is 5.95. The van der Waals surface area contributed by atoms with Crippen LogP contribution < -0.4 is 10.6 Å². The van der Waals surface area contributed by atoms with E-state index in [4.69, 9.17) is 0 Å². The predicted molar refractivity (Wildman–Crippen MR) is 75.7 cm³/mol. The SMILES string of the molecule is CC(C)(CNCC1CCNCC1)c1cccnc1. The molecule has 0 atom stereocenters. The lowest BCUT2D eigenvalue weighted by Gasteiger charge is -2.28. The normalized spacial score (nSPS) is 17.9. The molecule has 0 saturated carbocycles. The molecule has 0 spiro atoms. The molecule has 18 heavy (non-hydrogen) atoms. The van der Waals surface area contributed by atoms with Gasteiger partial charge in [0.2, 0.25) is 0 Å². The van der Waals surface area contributed by atoms with Gasteiger partial charge in [-0.3, -0.25) is 4.98 Å². The van der Waals surface area contributed by atoms with E-state index in [-0.39, 0.29) is 5.41 Å². The van der Waals surface area contributed by atoms with E-state index >= 15 is 0 Å². The summed E-state index contributed by atoms with van der Waals surface area (Å²) in [5.74, 6) is 0.843. The highest BCUT2D eigenvalue weighted by Crippen LogP contribution is 2.21. The first-order valence-electron chi connectivity index (χ1n) is 7.00. The van der Waals surface area contributed by atoms with Crippen molar-refractivity contribution >= 4 is 0 Å². The van der Waals surface area contributed by atoms with E-state index in [9.17, 15) is 0 Å². The van der Waals surface area contributed by atoms with Crippen LogP contribution in [0.2, 0.25) is 0 Å². The van der Waals surface area contributed by atoms with Crippen molar-refractivity contribution in [3.8, 4) is 0 Å². The minimum atomic E-state index is 0.154. The van der Waals surface area contributed by atoms with Gasteiger partial charge >= 0.3 is 0 Å². The Balaban J connectivity index is 1.78. The van der Waals surface area contributed by atoms with Gasteiger partial charge in [0.1, 0.15) is 0 Å². The number of piperidine rings is 1. The van der Waals surface area contributed by atoms with Crippen molar-refractivity contribution in [1.82, 2.24) is 15.6 Å². The molecule has 1 aliphatic heterocycles. The number of hydrogen-bond acceptors (Lipinski definition) is 3. The Labute approximate surface area is 110 Å². The Bertz CT molecular complexity index is 342. The van der Waals surface area contributed by atoms with Crippen molar-refractivity contribution in [3.05, 3.63) is 30.1 Å². The standard InChI is InChI=1S/C15H25N3/c1-15(2,14-4-3-7-17-11-14)12-18-10-13-5-8-16-9-6-13/h3-4,7,11,13,16,18H,5-6,8-10,12H2,1-2H3. The number of pyridine rings is 1. The highest BCUT2D eigenvalue weighted by molar-refractivity contribution is 5.19. The molecule has 0 unspecified atom stereocenters. The predicted octanol–water partition coefficient (Wildman–Crippen LogP) is 1.95. The fourth-order valence-electron chi connectivity index (χ4n) is 2.54. The Morgan fingerprint density at radius 3 is 2.83 bits per heavy atom. The van der Waals surface area contributed by atoms with Gasteiger partial charge < -0.3 is 10.6 Å². The van der Waals surface area contributed by atoms with Gasteiger partial charge in [0.15, 0.2) is 0 Å². The molecule has 1 saturated heterocycles. The van der Waals surface area contributed by atoms with E-state index in [1.54, 1.807) is 0 Å². The second-order valence-corrected chi connectivity index (χ2v) is 5.95. The summed E-state index contributed by atoms with van der Waals surface area (Å²) >= 11 is 0. The van der Waals surface area contributed by atoms with E-state index in [1.165, 1.54) is 31.5 Å². The van der Waals surface area contributed by atoms with Crippen LogP contribution >= 0.6 is 0 Å². The van der Waals surface area contributed by atoms with Crippen LogP contribution in [0.3, 0.4) is 0 Å². The summed E-state index contributed by atoms with van der Waals surface area (Å²) in [6.45, 7) is 9.07. The molecular weight excluding hydrogens is 222 g/mol. The van der Waals surface area contributed by atoms with Crippen LogP contribution in [-0.2, 0) is 5.41 Å². The van der Waals surface area contributed by atoms with E-state index < -0.39 is 0 Å². The third-order valence-electron chi connectivity index (χ3n) is 3.90. The molecule has 0 aliphatic carbocycles. The topological polar surface area (TPSA) is 37.0 Å². The van der Waals surface area contributed by atoms with Gasteiger partial charge in [0.25, 0.3) is 0 Å². The molecule has 100 valence electrons. The molecule has 2 heterocycles. The van der Waals surface area contributed by atoms with Crippen molar-refractivity contribution in [2.24, 2.45) is 5.92 Å². The van der Waals surface area contributed by atoms with Crippen molar-refractivity contribution < 1.29 is 0 Å². The maximum Gasteiger partial charge on any atom is 0.0305 e. The molecule has 0 radical (unpaired) electrons. The Kier molecular flexibility index (Phi) is 4.72. The quantitative estimate of drug-likeness (QED) is 0.835. The third-order valence-corrected chi connectivity index (χ3v) is 3.90. The number of rotatable bonds is 5. The van der Waals surface area contributed by atoms with Gasteiger partial charge in [-0.05, 0) is 50.0 Å². The number of nitrogens with one attached hydrogen (secondary N) is 2. The zero-order chi connectivity index (χ0) is 12.8. The molecule has 0 aromatic carbocycles. The Morgan fingerprint density at radius 1 is 1.39 bits per heavy atom. The summed E-state index contributed by atoms with van der Waals surface area (Å²) in [6, 6.07) is 4.18. The second kappa shape index (κ2) is 6.30. The minimum Gasteiger partial charge on any atom is -0.317 e. The van der Waals surface area contributed by atoms with Crippen LogP contribution in [-0.4, -0.2) is 31.2 Å². The number of nitrogens with zero attached hydrogens (tertiary/aromatic N) is 1. The van der Waals surface area contributed by atoms with Crippen LogP contribution in [0.1, 0.15) is 32.3 Å². The summed E-state index contributed by atoms with van der Waals surface area (Å²) in [7, 11) is 0. The van der Waals surface area contributed by atoms with Crippen LogP contribution in [0.5, 0.6) is 0 Å². The fraction of sp³-hybridized carbons (Fsp3) is 0.667. The van der Waals surface area contributed by atoms with Gasteiger partial charge in [0.05, 0.1) is 0 Å². The van der Waals surface area contributed by atoms with E-state index in [2.05, 4.69) is 35.5 Å². The van der Waals surface area contributed by atoms with E-state index in [0.717, 1.165) is 19.0 Å². The first-order chi connectivity index (χ1) is 8.68. The van der Waals surface area contributed by atoms with E-state index in [1.807, 2.05) is 18.5 Å². The molecule has 3 nitrogen and oxygen atoms in total. The minimum absolute atomic E-state index is 0.154. The average molecular weight is 247 g/mol. The molecule has 0 bridgehead atoms. The van der Waals surface area contributed by atoms with Crippen LogP contribution in [0.15, 0.2) is 24.5 Å². The van der Waals surface area contributed by atoms with Gasteiger partial charge in [-0.25, -0.2) is 0 Å². The third kappa shape index (κ3) is 3.79. The summed E-state index contributed by atoms with van der Waals surface area (Å²) in [5.41, 5.74) is 1.46. The number of hydrogen-bond donors (Lipinski definition) is 2. The number of aromatic nitrogens is 1. The van der Waals surface area contributed by atoms with Crippen molar-refractivity contribution in [2.45, 2.75) is 32.1 Å². The van der Waals surface area contributed by atoms with Gasteiger partial charge in [-0.2, -0.15) is 0 Å². The smallest absolute Gasteiger partial charge is 0.0305 e. The monoisotopic (exact) mass is 247 g/mol. The Hall–Kier alpha value is -0.930. The van der Waals surface area contributed by atoms with Crippen molar-refractivity contribution in [3.63, 3.8) is 0 Å². The van der Waals surface area contributed by atoms with Gasteiger partial charge in [-0.1, -0.05) is 19.9 Å². The maximum absolute atomic E-state index is 4.21. The first-order valence-corrected chi connectivity index (χ1v) is 7.00. The van der Waals surface area contributed by atoms with E-state index in [0.29, 0.717) is 0 Å². The van der Waals surface area contributed by atoms with Gasteiger partial charge in [-0.15, -0.1) is 0 Å². The molecule has 1 fully saturated rings. The average Bonchev–Trinajstić information content (AvgIpc) is 2.41. The lowest BCUT2D eigenvalue weighted by molar-refractivity contribution is 0.342. The highest BCUT2D eigenvalue weighted by atomic mass is 14.9. The molecule has 3 heteroatoms. The molecule has 1 aliphatic rings. The lowest BCUT2D eigenvalue weighted by Crippen LogP contribution is -2.38. The molecule has 2 N–H and O–H groups in total. The lowest BCUT2D eigenvalue weighted by atomic mass is 9.85. The van der Waals surface area contributed by atoms with Crippen LogP contribution in [0.4, 0.5) is 0 Å². The molecule has 0 amide bonds. The zero-order valence-corrected chi connectivity index (χ0v) is 11.6. The molecule has 1 aromatic heterocycles. The zero-order valence-electron chi connectivity index (χ0n) is 11.6. The molecule has 1 aromatic rings. The summed E-state index contributed by atoms with van der Waals surface area (Å²) in [6.07, 6.45) is 6.43. The van der Waals surface area contributed by atoms with Gasteiger partial charge in [0, 0.05) is 24.4 Å². The van der Waals surface area contributed by atoms with Crippen molar-refractivity contribution in [1.29, 1.82) is 0 Å². The Morgan fingerprint density at radius 2 is 2.17 bits per heavy atom. The molecular formula is C15H25N3. The maximum atomic E-state index is 4.21. The highest BCUT2D eigenvalue weighted by Gasteiger charge is 2.21. The summed E-state index contributed by atoms with van der Waals surface area (Å²) in [5, 5.41) is 7.05. The first kappa shape index (κ1) is 13.5.